The van der Waals surface area contributed by atoms with Crippen LogP contribution >= 0.6 is 0 Å². The van der Waals surface area contributed by atoms with Crippen LogP contribution in [0, 0.1) is 0 Å². The monoisotopic (exact) mass is 288 g/mol. The minimum absolute atomic E-state index is 0.223. The molecule has 0 N–H and O–H groups in total. The predicted octanol–water partition coefficient (Wildman–Crippen LogP) is 5.61. The lowest BCUT2D eigenvalue weighted by Gasteiger charge is -2.15. The molecular formula is C21H20O. The molecule has 3 rings (SSSR count). The molecule has 1 atom stereocenters. The second-order valence-electron chi connectivity index (χ2n) is 5.71. The third-order valence-corrected chi connectivity index (χ3v) is 4.27. The average molecular weight is 288 g/mol. The summed E-state index contributed by atoms with van der Waals surface area (Å²) < 4.78 is 0. The van der Waals surface area contributed by atoms with Crippen molar-refractivity contribution in [2.24, 2.45) is 0 Å². The Balaban J connectivity index is 1.85. The maximum atomic E-state index is 12.5. The van der Waals surface area contributed by atoms with Crippen molar-refractivity contribution in [1.82, 2.24) is 0 Å². The summed E-state index contributed by atoms with van der Waals surface area (Å²) in [5.41, 5.74) is 2.06. The molecule has 22 heavy (non-hydrogen) atoms. The Hall–Kier alpha value is -2.41. The van der Waals surface area contributed by atoms with Crippen molar-refractivity contribution in [3.63, 3.8) is 0 Å². The SMILES string of the molecule is CC[C@@H](CC(=O)c1ccccc1)c1ccc2ccccc2c1. The third-order valence-electron chi connectivity index (χ3n) is 4.27. The molecule has 0 saturated carbocycles. The molecule has 110 valence electrons. The van der Waals surface area contributed by atoms with Crippen LogP contribution in [0.25, 0.3) is 10.8 Å². The standard InChI is InChI=1S/C21H20O/c1-2-16(15-21(22)18-9-4-3-5-10-18)20-13-12-17-8-6-7-11-19(17)14-20/h3-14,16H,2,15H2,1H3/t16-/m0/s1. The molecule has 1 heteroatoms. The number of ketones is 1. The first-order valence-corrected chi connectivity index (χ1v) is 7.85. The van der Waals surface area contributed by atoms with Gasteiger partial charge in [0.25, 0.3) is 0 Å². The van der Waals surface area contributed by atoms with Crippen molar-refractivity contribution < 1.29 is 4.79 Å². The van der Waals surface area contributed by atoms with Crippen LogP contribution in [0.2, 0.25) is 0 Å². The summed E-state index contributed by atoms with van der Waals surface area (Å²) in [4.78, 5) is 12.5. The van der Waals surface area contributed by atoms with Gasteiger partial charge >= 0.3 is 0 Å². The molecule has 0 saturated heterocycles. The molecular weight excluding hydrogens is 268 g/mol. The molecule has 0 aliphatic rings. The maximum absolute atomic E-state index is 12.5. The first kappa shape index (κ1) is 14.5. The molecule has 0 amide bonds. The largest absolute Gasteiger partial charge is 0.294 e. The molecule has 0 bridgehead atoms. The van der Waals surface area contributed by atoms with Crippen LogP contribution in [-0.4, -0.2) is 5.78 Å². The van der Waals surface area contributed by atoms with Gasteiger partial charge in [0.1, 0.15) is 0 Å². The maximum Gasteiger partial charge on any atom is 0.163 e. The van der Waals surface area contributed by atoms with Crippen LogP contribution in [-0.2, 0) is 0 Å². The predicted molar refractivity (Wildman–Crippen MR) is 92.4 cm³/mol. The van der Waals surface area contributed by atoms with Crippen molar-refractivity contribution >= 4 is 16.6 Å². The highest BCUT2D eigenvalue weighted by Crippen LogP contribution is 2.28. The molecule has 3 aromatic carbocycles. The first-order valence-electron chi connectivity index (χ1n) is 7.85. The second kappa shape index (κ2) is 6.57. The van der Waals surface area contributed by atoms with Crippen molar-refractivity contribution in [2.45, 2.75) is 25.7 Å². The van der Waals surface area contributed by atoms with Gasteiger partial charge in [0.15, 0.2) is 5.78 Å². The smallest absolute Gasteiger partial charge is 0.163 e. The highest BCUT2D eigenvalue weighted by atomic mass is 16.1. The van der Waals surface area contributed by atoms with Gasteiger partial charge in [-0.25, -0.2) is 0 Å². The van der Waals surface area contributed by atoms with E-state index in [9.17, 15) is 4.79 Å². The summed E-state index contributed by atoms with van der Waals surface area (Å²) in [5, 5.41) is 2.49. The summed E-state index contributed by atoms with van der Waals surface area (Å²) in [5.74, 6) is 0.498. The van der Waals surface area contributed by atoms with E-state index in [0.717, 1.165) is 12.0 Å². The average Bonchev–Trinajstić information content (AvgIpc) is 2.59. The number of carbonyl (C=O) groups is 1. The minimum atomic E-state index is 0.223. The molecule has 0 spiro atoms. The quantitative estimate of drug-likeness (QED) is 0.558. The van der Waals surface area contributed by atoms with Crippen molar-refractivity contribution in [3.05, 3.63) is 83.9 Å². The van der Waals surface area contributed by atoms with Gasteiger partial charge in [-0.2, -0.15) is 0 Å². The molecule has 0 radical (unpaired) electrons. The number of hydrogen-bond acceptors (Lipinski definition) is 1. The molecule has 1 nitrogen and oxygen atoms in total. The Bertz CT molecular complexity index is 774. The Morgan fingerprint density at radius 3 is 2.27 bits per heavy atom. The van der Waals surface area contributed by atoms with Crippen LogP contribution in [0.4, 0.5) is 0 Å². The van der Waals surface area contributed by atoms with Gasteiger partial charge in [-0.1, -0.05) is 79.7 Å². The van der Waals surface area contributed by atoms with Gasteiger partial charge in [-0.3, -0.25) is 4.79 Å². The number of fused-ring (bicyclic) bond motifs is 1. The zero-order valence-electron chi connectivity index (χ0n) is 12.8. The molecule has 0 heterocycles. The summed E-state index contributed by atoms with van der Waals surface area (Å²) in [6.45, 7) is 2.15. The van der Waals surface area contributed by atoms with Gasteiger partial charge in [-0.15, -0.1) is 0 Å². The summed E-state index contributed by atoms with van der Waals surface area (Å²) in [6, 6.07) is 24.5. The topological polar surface area (TPSA) is 17.1 Å². The van der Waals surface area contributed by atoms with Crippen molar-refractivity contribution in [3.8, 4) is 0 Å². The number of hydrogen-bond donors (Lipinski definition) is 0. The van der Waals surface area contributed by atoms with E-state index in [1.165, 1.54) is 16.3 Å². The molecule has 3 aromatic rings. The number of Topliss-reactive ketones (excluding diaryl/α,β-unsaturated/α-hetero) is 1. The van der Waals surface area contributed by atoms with Gasteiger partial charge in [0, 0.05) is 12.0 Å². The molecule has 0 fully saturated rings. The van der Waals surface area contributed by atoms with E-state index >= 15 is 0 Å². The van der Waals surface area contributed by atoms with Crippen LogP contribution < -0.4 is 0 Å². The fourth-order valence-corrected chi connectivity index (χ4v) is 2.93. The zero-order valence-corrected chi connectivity index (χ0v) is 12.8. The van der Waals surface area contributed by atoms with Gasteiger partial charge < -0.3 is 0 Å². The Morgan fingerprint density at radius 1 is 0.864 bits per heavy atom. The molecule has 0 unspecified atom stereocenters. The summed E-state index contributed by atoms with van der Waals surface area (Å²) in [7, 11) is 0. The van der Waals surface area contributed by atoms with E-state index in [1.54, 1.807) is 0 Å². The van der Waals surface area contributed by atoms with Gasteiger partial charge in [0.2, 0.25) is 0 Å². The summed E-state index contributed by atoms with van der Waals surface area (Å²) in [6.07, 6.45) is 1.54. The second-order valence-corrected chi connectivity index (χ2v) is 5.71. The lowest BCUT2D eigenvalue weighted by molar-refractivity contribution is 0.0973. The van der Waals surface area contributed by atoms with Crippen LogP contribution in [0.15, 0.2) is 72.8 Å². The van der Waals surface area contributed by atoms with Crippen molar-refractivity contribution in [2.75, 3.05) is 0 Å². The van der Waals surface area contributed by atoms with E-state index in [0.29, 0.717) is 6.42 Å². The highest BCUT2D eigenvalue weighted by Gasteiger charge is 2.15. The van der Waals surface area contributed by atoms with Crippen LogP contribution in [0.5, 0.6) is 0 Å². The number of benzene rings is 3. The fourth-order valence-electron chi connectivity index (χ4n) is 2.93. The number of rotatable bonds is 5. The number of carbonyl (C=O) groups excluding carboxylic acids is 1. The Labute approximate surface area is 131 Å². The van der Waals surface area contributed by atoms with Crippen LogP contribution in [0.1, 0.15) is 41.6 Å². The van der Waals surface area contributed by atoms with Gasteiger partial charge in [0.05, 0.1) is 0 Å². The Morgan fingerprint density at radius 2 is 1.55 bits per heavy atom. The zero-order chi connectivity index (χ0) is 15.4. The first-order chi connectivity index (χ1) is 10.8. The van der Waals surface area contributed by atoms with E-state index in [-0.39, 0.29) is 11.7 Å². The summed E-state index contributed by atoms with van der Waals surface area (Å²) >= 11 is 0. The fraction of sp³-hybridized carbons (Fsp3) is 0.190. The lowest BCUT2D eigenvalue weighted by Crippen LogP contribution is -2.07. The van der Waals surface area contributed by atoms with E-state index in [4.69, 9.17) is 0 Å². The van der Waals surface area contributed by atoms with E-state index < -0.39 is 0 Å². The minimum Gasteiger partial charge on any atom is -0.294 e. The molecule has 0 aliphatic carbocycles. The molecule has 0 aliphatic heterocycles. The lowest BCUT2D eigenvalue weighted by atomic mass is 9.88. The Kier molecular flexibility index (Phi) is 4.34. The van der Waals surface area contributed by atoms with Crippen LogP contribution in [0.3, 0.4) is 0 Å². The third kappa shape index (κ3) is 3.09. The normalized spacial score (nSPS) is 12.2. The van der Waals surface area contributed by atoms with Crippen molar-refractivity contribution in [1.29, 1.82) is 0 Å². The van der Waals surface area contributed by atoms with E-state index in [1.807, 2.05) is 30.3 Å². The highest BCUT2D eigenvalue weighted by molar-refractivity contribution is 5.96. The van der Waals surface area contributed by atoms with Gasteiger partial charge in [-0.05, 0) is 28.7 Å². The molecule has 0 aromatic heterocycles. The van der Waals surface area contributed by atoms with E-state index in [2.05, 4.69) is 49.4 Å².